The van der Waals surface area contributed by atoms with Crippen molar-refractivity contribution in [3.05, 3.63) is 53.9 Å². The summed E-state index contributed by atoms with van der Waals surface area (Å²) in [6.45, 7) is 8.06. The Hall–Kier alpha value is -3.16. The largest absolute Gasteiger partial charge is 0.324 e. The van der Waals surface area contributed by atoms with E-state index >= 15 is 0 Å². The zero-order valence-electron chi connectivity index (χ0n) is 17.2. The third-order valence-corrected chi connectivity index (χ3v) is 5.36. The van der Waals surface area contributed by atoms with Crippen LogP contribution in [0.4, 0.5) is 10.5 Å². The molecular formula is C21H27N7O. The summed E-state index contributed by atoms with van der Waals surface area (Å²) in [5, 5.41) is 12.0. The standard InChI is InChI=1S/C21H27N7O/c1-15-20(14-28(24-15)19-9-5-4-6-10-19)23-21(29)26-11-7-8-18(12-26)13-27-17(3)22-16(2)25-27/h4-6,9-10,14,18H,7-8,11-13H2,1-3H3,(H,23,29). The molecule has 3 heterocycles. The summed E-state index contributed by atoms with van der Waals surface area (Å²) < 4.78 is 3.75. The van der Waals surface area contributed by atoms with Crippen molar-refractivity contribution < 1.29 is 4.79 Å². The van der Waals surface area contributed by atoms with Crippen molar-refractivity contribution in [1.29, 1.82) is 0 Å². The van der Waals surface area contributed by atoms with Gasteiger partial charge in [-0.1, -0.05) is 18.2 Å². The molecule has 4 rings (SSSR count). The number of nitrogens with one attached hydrogen (secondary N) is 1. The molecule has 0 bridgehead atoms. The van der Waals surface area contributed by atoms with Crippen LogP contribution in [-0.2, 0) is 6.54 Å². The number of carbonyl (C=O) groups is 1. The van der Waals surface area contributed by atoms with Gasteiger partial charge in [-0.2, -0.15) is 10.2 Å². The first-order valence-corrected chi connectivity index (χ1v) is 10.1. The van der Waals surface area contributed by atoms with Crippen LogP contribution in [0, 0.1) is 26.7 Å². The zero-order valence-corrected chi connectivity index (χ0v) is 17.2. The molecule has 1 fully saturated rings. The van der Waals surface area contributed by atoms with E-state index in [1.807, 2.05) is 66.9 Å². The smallest absolute Gasteiger partial charge is 0.321 e. The number of rotatable bonds is 4. The molecule has 2 aromatic heterocycles. The highest BCUT2D eigenvalue weighted by molar-refractivity contribution is 5.89. The molecule has 0 saturated carbocycles. The average molecular weight is 393 g/mol. The van der Waals surface area contributed by atoms with Crippen LogP contribution in [-0.4, -0.2) is 48.6 Å². The van der Waals surface area contributed by atoms with Crippen LogP contribution in [0.25, 0.3) is 5.69 Å². The fourth-order valence-electron chi connectivity index (χ4n) is 3.87. The van der Waals surface area contributed by atoms with Crippen molar-refractivity contribution in [2.45, 2.75) is 40.2 Å². The van der Waals surface area contributed by atoms with Gasteiger partial charge >= 0.3 is 6.03 Å². The first-order chi connectivity index (χ1) is 14.0. The molecule has 2 amide bonds. The minimum atomic E-state index is -0.0723. The number of aromatic nitrogens is 5. The van der Waals surface area contributed by atoms with Crippen molar-refractivity contribution >= 4 is 11.7 Å². The normalized spacial score (nSPS) is 16.8. The summed E-state index contributed by atoms with van der Waals surface area (Å²) in [7, 11) is 0. The van der Waals surface area contributed by atoms with Crippen LogP contribution in [0.1, 0.15) is 30.2 Å². The minimum Gasteiger partial charge on any atom is -0.324 e. The third-order valence-electron chi connectivity index (χ3n) is 5.36. The monoisotopic (exact) mass is 393 g/mol. The maximum absolute atomic E-state index is 12.9. The van der Waals surface area contributed by atoms with Gasteiger partial charge in [0.1, 0.15) is 11.6 Å². The Morgan fingerprint density at radius 3 is 2.69 bits per heavy atom. The van der Waals surface area contributed by atoms with Crippen molar-refractivity contribution in [2.75, 3.05) is 18.4 Å². The van der Waals surface area contributed by atoms with Gasteiger partial charge in [-0.25, -0.2) is 19.1 Å². The lowest BCUT2D eigenvalue weighted by atomic mass is 9.98. The SMILES string of the molecule is Cc1nc(C)n(CC2CCCN(C(=O)Nc3cn(-c4ccccc4)nc3C)C2)n1. The van der Waals surface area contributed by atoms with Gasteiger partial charge in [0, 0.05) is 19.6 Å². The van der Waals surface area contributed by atoms with E-state index in [4.69, 9.17) is 0 Å². The van der Waals surface area contributed by atoms with Crippen LogP contribution < -0.4 is 5.32 Å². The molecule has 29 heavy (non-hydrogen) atoms. The molecule has 1 atom stereocenters. The van der Waals surface area contributed by atoms with Crippen molar-refractivity contribution in [3.63, 3.8) is 0 Å². The number of carbonyl (C=O) groups excluding carboxylic acids is 1. The Labute approximate surface area is 170 Å². The van der Waals surface area contributed by atoms with E-state index in [1.54, 1.807) is 4.68 Å². The van der Waals surface area contributed by atoms with Crippen LogP contribution in [0.3, 0.4) is 0 Å². The maximum atomic E-state index is 12.9. The highest BCUT2D eigenvalue weighted by atomic mass is 16.2. The highest BCUT2D eigenvalue weighted by Crippen LogP contribution is 2.21. The molecular weight excluding hydrogens is 366 g/mol. The number of para-hydroxylation sites is 1. The molecule has 152 valence electrons. The number of piperidine rings is 1. The molecule has 8 heteroatoms. The quantitative estimate of drug-likeness (QED) is 0.737. The predicted molar refractivity (Wildman–Crippen MR) is 111 cm³/mol. The van der Waals surface area contributed by atoms with E-state index in [0.717, 1.165) is 61.2 Å². The fourth-order valence-corrected chi connectivity index (χ4v) is 3.87. The van der Waals surface area contributed by atoms with Gasteiger partial charge in [-0.3, -0.25) is 0 Å². The van der Waals surface area contributed by atoms with Gasteiger partial charge in [0.2, 0.25) is 0 Å². The Morgan fingerprint density at radius 2 is 1.97 bits per heavy atom. The second kappa shape index (κ2) is 8.06. The summed E-state index contributed by atoms with van der Waals surface area (Å²) in [5.74, 6) is 2.09. The second-order valence-corrected chi connectivity index (χ2v) is 7.68. The maximum Gasteiger partial charge on any atom is 0.321 e. The number of urea groups is 1. The molecule has 1 unspecified atom stereocenters. The molecule has 1 aliphatic rings. The van der Waals surface area contributed by atoms with Gasteiger partial charge in [0.25, 0.3) is 0 Å². The van der Waals surface area contributed by atoms with Crippen molar-refractivity contribution in [2.24, 2.45) is 5.92 Å². The van der Waals surface area contributed by atoms with E-state index in [1.165, 1.54) is 0 Å². The van der Waals surface area contributed by atoms with Crippen LogP contribution in [0.2, 0.25) is 0 Å². The average Bonchev–Trinajstić information content (AvgIpc) is 3.24. The second-order valence-electron chi connectivity index (χ2n) is 7.68. The number of hydrogen-bond acceptors (Lipinski definition) is 4. The van der Waals surface area contributed by atoms with E-state index in [2.05, 4.69) is 20.5 Å². The zero-order chi connectivity index (χ0) is 20.4. The molecule has 8 nitrogen and oxygen atoms in total. The van der Waals surface area contributed by atoms with Gasteiger partial charge in [0.05, 0.1) is 23.3 Å². The molecule has 0 spiro atoms. The Bertz CT molecular complexity index is 992. The number of hydrogen-bond donors (Lipinski definition) is 1. The lowest BCUT2D eigenvalue weighted by Gasteiger charge is -2.32. The lowest BCUT2D eigenvalue weighted by molar-refractivity contribution is 0.168. The number of aryl methyl sites for hydroxylation is 3. The Kier molecular flexibility index (Phi) is 5.33. The van der Waals surface area contributed by atoms with E-state index < -0.39 is 0 Å². The van der Waals surface area contributed by atoms with Crippen molar-refractivity contribution in [3.8, 4) is 5.69 Å². The summed E-state index contributed by atoms with van der Waals surface area (Å²) in [6.07, 6.45) is 3.95. The molecule has 0 radical (unpaired) electrons. The first kappa shape index (κ1) is 19.2. The third kappa shape index (κ3) is 4.31. The lowest BCUT2D eigenvalue weighted by Crippen LogP contribution is -2.43. The number of likely N-dealkylation sites (tertiary alicyclic amines) is 1. The van der Waals surface area contributed by atoms with Crippen LogP contribution in [0.5, 0.6) is 0 Å². The molecule has 1 aromatic carbocycles. The molecule has 1 N–H and O–H groups in total. The van der Waals surface area contributed by atoms with Crippen LogP contribution in [0.15, 0.2) is 36.5 Å². The molecule has 0 aliphatic carbocycles. The van der Waals surface area contributed by atoms with E-state index in [9.17, 15) is 4.79 Å². The molecule has 1 saturated heterocycles. The van der Waals surface area contributed by atoms with Gasteiger partial charge < -0.3 is 10.2 Å². The summed E-state index contributed by atoms with van der Waals surface area (Å²) in [4.78, 5) is 19.1. The molecule has 1 aliphatic heterocycles. The topological polar surface area (TPSA) is 80.9 Å². The Morgan fingerprint density at radius 1 is 1.17 bits per heavy atom. The Balaban J connectivity index is 1.41. The fraction of sp³-hybridized carbons (Fsp3) is 0.429. The van der Waals surface area contributed by atoms with Gasteiger partial charge in [-0.05, 0) is 51.7 Å². The number of amides is 2. The van der Waals surface area contributed by atoms with E-state index in [0.29, 0.717) is 5.92 Å². The summed E-state index contributed by atoms with van der Waals surface area (Å²) in [5.41, 5.74) is 2.50. The predicted octanol–water partition coefficient (Wildman–Crippen LogP) is 3.33. The first-order valence-electron chi connectivity index (χ1n) is 10.1. The highest BCUT2D eigenvalue weighted by Gasteiger charge is 2.25. The van der Waals surface area contributed by atoms with E-state index in [-0.39, 0.29) is 6.03 Å². The van der Waals surface area contributed by atoms with Gasteiger partial charge in [0.15, 0.2) is 0 Å². The van der Waals surface area contributed by atoms with Gasteiger partial charge in [-0.15, -0.1) is 0 Å². The number of nitrogens with zero attached hydrogens (tertiary/aromatic N) is 6. The number of benzene rings is 1. The summed E-state index contributed by atoms with van der Waals surface area (Å²) >= 11 is 0. The summed E-state index contributed by atoms with van der Waals surface area (Å²) in [6, 6.07) is 9.81. The minimum absolute atomic E-state index is 0.0723. The van der Waals surface area contributed by atoms with Crippen molar-refractivity contribution in [1.82, 2.24) is 29.4 Å². The van der Waals surface area contributed by atoms with Crippen LogP contribution >= 0.6 is 0 Å². The number of anilines is 1. The molecule has 3 aromatic rings.